The van der Waals surface area contributed by atoms with Gasteiger partial charge in [-0.3, -0.25) is 4.57 Å². The van der Waals surface area contributed by atoms with Gasteiger partial charge in [0.25, 0.3) is 0 Å². The summed E-state index contributed by atoms with van der Waals surface area (Å²) in [5.74, 6) is 1.74. The molecule has 0 amide bonds. The molecule has 0 radical (unpaired) electrons. The zero-order chi connectivity index (χ0) is 12.5. The Bertz CT molecular complexity index is 529. The van der Waals surface area contributed by atoms with Crippen molar-refractivity contribution < 1.29 is 0 Å². The highest BCUT2D eigenvalue weighted by atomic mass is 32.2. The maximum atomic E-state index is 4.40. The first kappa shape index (κ1) is 11.8. The molecule has 1 aliphatic rings. The molecule has 0 saturated heterocycles. The van der Waals surface area contributed by atoms with Gasteiger partial charge in [-0.05, 0) is 25.0 Å². The van der Waals surface area contributed by atoms with Crippen LogP contribution in [0.25, 0.3) is 5.69 Å². The minimum Gasteiger partial charge on any atom is -0.274 e. The van der Waals surface area contributed by atoms with Crippen LogP contribution >= 0.6 is 11.8 Å². The highest BCUT2D eigenvalue weighted by Gasteiger charge is 2.31. The van der Waals surface area contributed by atoms with Gasteiger partial charge in [-0.25, -0.2) is 0 Å². The molecule has 0 bridgehead atoms. The summed E-state index contributed by atoms with van der Waals surface area (Å²) < 4.78 is 2.22. The van der Waals surface area contributed by atoms with Crippen LogP contribution in [0.1, 0.15) is 38.4 Å². The second-order valence-electron chi connectivity index (χ2n) is 4.95. The third-order valence-corrected chi connectivity index (χ3v) is 3.90. The first-order valence-corrected chi connectivity index (χ1v) is 7.31. The molecule has 1 heterocycles. The average Bonchev–Trinajstić information content (AvgIpc) is 3.12. The van der Waals surface area contributed by atoms with Crippen LogP contribution in [0.15, 0.2) is 35.5 Å². The van der Waals surface area contributed by atoms with E-state index in [1.165, 1.54) is 18.5 Å². The lowest BCUT2D eigenvalue weighted by Gasteiger charge is -2.10. The van der Waals surface area contributed by atoms with Crippen molar-refractivity contribution in [2.24, 2.45) is 0 Å². The number of para-hydroxylation sites is 1. The van der Waals surface area contributed by atoms with Crippen LogP contribution in [0.2, 0.25) is 0 Å². The lowest BCUT2D eigenvalue weighted by molar-refractivity contribution is 0.827. The van der Waals surface area contributed by atoms with E-state index < -0.39 is 0 Å². The second kappa shape index (κ2) is 4.76. The Kier molecular flexibility index (Phi) is 3.12. The van der Waals surface area contributed by atoms with Crippen LogP contribution in [-0.4, -0.2) is 20.0 Å². The molecule has 0 aliphatic heterocycles. The molecule has 0 spiro atoms. The summed E-state index contributed by atoms with van der Waals surface area (Å²) in [7, 11) is 0. The van der Waals surface area contributed by atoms with E-state index in [0.717, 1.165) is 11.0 Å². The summed E-state index contributed by atoms with van der Waals surface area (Å²) in [5, 5.41) is 10.3. The maximum absolute atomic E-state index is 4.40. The van der Waals surface area contributed by atoms with Gasteiger partial charge in [-0.2, -0.15) is 0 Å². The predicted octanol–water partition coefficient (Wildman–Crippen LogP) is 3.65. The van der Waals surface area contributed by atoms with E-state index in [2.05, 4.69) is 52.9 Å². The van der Waals surface area contributed by atoms with Gasteiger partial charge in [0.15, 0.2) is 5.16 Å². The number of aromatic nitrogens is 3. The van der Waals surface area contributed by atoms with Gasteiger partial charge in [0.05, 0.1) is 0 Å². The highest BCUT2D eigenvalue weighted by Crippen LogP contribution is 2.41. The number of thioether (sulfide) groups is 1. The molecule has 0 N–H and O–H groups in total. The van der Waals surface area contributed by atoms with Crippen molar-refractivity contribution >= 4 is 11.8 Å². The van der Waals surface area contributed by atoms with Crippen molar-refractivity contribution in [1.29, 1.82) is 0 Å². The summed E-state index contributed by atoms with van der Waals surface area (Å²) in [6.07, 6.45) is 2.49. The molecule has 1 aromatic carbocycles. The first-order valence-electron chi connectivity index (χ1n) is 6.43. The Morgan fingerprint density at radius 3 is 2.50 bits per heavy atom. The van der Waals surface area contributed by atoms with Crippen LogP contribution in [0.5, 0.6) is 0 Å². The van der Waals surface area contributed by atoms with Gasteiger partial charge in [0, 0.05) is 16.9 Å². The predicted molar refractivity (Wildman–Crippen MR) is 74.3 cm³/mol. The Morgan fingerprint density at radius 1 is 1.17 bits per heavy atom. The molecule has 3 rings (SSSR count). The van der Waals surface area contributed by atoms with E-state index in [1.807, 2.05) is 6.07 Å². The molecule has 0 atom stereocenters. The zero-order valence-electron chi connectivity index (χ0n) is 10.7. The molecule has 1 aromatic heterocycles. The Balaban J connectivity index is 2.05. The van der Waals surface area contributed by atoms with Gasteiger partial charge in [-0.15, -0.1) is 10.2 Å². The smallest absolute Gasteiger partial charge is 0.196 e. The summed E-state index contributed by atoms with van der Waals surface area (Å²) in [6.45, 7) is 4.37. The monoisotopic (exact) mass is 259 g/mol. The number of benzene rings is 1. The van der Waals surface area contributed by atoms with E-state index in [1.54, 1.807) is 11.8 Å². The SMILES string of the molecule is CC(C)Sc1nnc(C2CC2)n1-c1ccccc1. The van der Waals surface area contributed by atoms with Crippen molar-refractivity contribution in [3.8, 4) is 5.69 Å². The van der Waals surface area contributed by atoms with E-state index in [-0.39, 0.29) is 0 Å². The summed E-state index contributed by atoms with van der Waals surface area (Å²) in [5.41, 5.74) is 1.17. The Labute approximate surface area is 112 Å². The fourth-order valence-electron chi connectivity index (χ4n) is 1.99. The van der Waals surface area contributed by atoms with E-state index in [4.69, 9.17) is 0 Å². The molecule has 1 aliphatic carbocycles. The lowest BCUT2D eigenvalue weighted by atomic mass is 10.3. The van der Waals surface area contributed by atoms with Crippen LogP contribution in [-0.2, 0) is 0 Å². The van der Waals surface area contributed by atoms with E-state index in [0.29, 0.717) is 11.2 Å². The second-order valence-corrected chi connectivity index (χ2v) is 6.50. The molecular formula is C14H17N3S. The molecule has 2 aromatic rings. The van der Waals surface area contributed by atoms with Crippen molar-refractivity contribution in [3.63, 3.8) is 0 Å². The van der Waals surface area contributed by atoms with E-state index in [9.17, 15) is 0 Å². The number of rotatable bonds is 4. The highest BCUT2D eigenvalue weighted by molar-refractivity contribution is 7.99. The molecule has 0 unspecified atom stereocenters. The molecule has 94 valence electrons. The molecule has 1 fully saturated rings. The van der Waals surface area contributed by atoms with Crippen molar-refractivity contribution in [1.82, 2.24) is 14.8 Å². The minimum absolute atomic E-state index is 0.517. The van der Waals surface area contributed by atoms with Gasteiger partial charge < -0.3 is 0 Å². The number of hydrogen-bond acceptors (Lipinski definition) is 3. The standard InChI is InChI=1S/C14H17N3S/c1-10(2)18-14-16-15-13(11-8-9-11)17(14)12-6-4-3-5-7-12/h3-7,10-11H,8-9H2,1-2H3. The van der Waals surface area contributed by atoms with Crippen LogP contribution in [0, 0.1) is 0 Å². The van der Waals surface area contributed by atoms with Crippen molar-refractivity contribution in [3.05, 3.63) is 36.2 Å². The first-order chi connectivity index (χ1) is 8.75. The van der Waals surface area contributed by atoms with Crippen molar-refractivity contribution in [2.75, 3.05) is 0 Å². The Morgan fingerprint density at radius 2 is 1.89 bits per heavy atom. The van der Waals surface area contributed by atoms with Crippen LogP contribution in [0.4, 0.5) is 0 Å². The Hall–Kier alpha value is -1.29. The quantitative estimate of drug-likeness (QED) is 0.785. The third-order valence-electron chi connectivity index (χ3n) is 2.96. The topological polar surface area (TPSA) is 30.7 Å². The minimum atomic E-state index is 0.517. The van der Waals surface area contributed by atoms with Crippen molar-refractivity contribution in [2.45, 2.75) is 43.0 Å². The molecule has 3 nitrogen and oxygen atoms in total. The summed E-state index contributed by atoms with van der Waals surface area (Å²) in [4.78, 5) is 0. The fourth-order valence-corrected chi connectivity index (χ4v) is 2.81. The number of hydrogen-bond donors (Lipinski definition) is 0. The van der Waals surface area contributed by atoms with Gasteiger partial charge in [0.1, 0.15) is 5.82 Å². The zero-order valence-corrected chi connectivity index (χ0v) is 11.5. The van der Waals surface area contributed by atoms with Crippen LogP contribution in [0.3, 0.4) is 0 Å². The fraction of sp³-hybridized carbons (Fsp3) is 0.429. The van der Waals surface area contributed by atoms with Gasteiger partial charge in [-0.1, -0.05) is 43.8 Å². The third kappa shape index (κ3) is 2.29. The number of nitrogens with zero attached hydrogens (tertiary/aromatic N) is 3. The average molecular weight is 259 g/mol. The normalized spacial score (nSPS) is 15.3. The van der Waals surface area contributed by atoms with E-state index >= 15 is 0 Å². The molecule has 18 heavy (non-hydrogen) atoms. The molecule has 1 saturated carbocycles. The lowest BCUT2D eigenvalue weighted by Crippen LogP contribution is -2.02. The van der Waals surface area contributed by atoms with Gasteiger partial charge >= 0.3 is 0 Å². The summed E-state index contributed by atoms with van der Waals surface area (Å²) in [6, 6.07) is 10.4. The summed E-state index contributed by atoms with van der Waals surface area (Å²) >= 11 is 1.78. The maximum Gasteiger partial charge on any atom is 0.196 e. The van der Waals surface area contributed by atoms with Gasteiger partial charge in [0.2, 0.25) is 0 Å². The molecule has 4 heteroatoms. The van der Waals surface area contributed by atoms with Crippen LogP contribution < -0.4 is 0 Å². The largest absolute Gasteiger partial charge is 0.274 e. The molecular weight excluding hydrogens is 242 g/mol.